The van der Waals surface area contributed by atoms with Crippen LogP contribution in [0.4, 0.5) is 17.1 Å². The number of anilines is 3. The number of para-hydroxylation sites is 2. The Labute approximate surface area is 422 Å². The first kappa shape index (κ1) is 40.5. The van der Waals surface area contributed by atoms with Crippen LogP contribution in [0.5, 0.6) is 0 Å². The minimum atomic E-state index is -0.653. The molecule has 0 atom stereocenters. The summed E-state index contributed by atoms with van der Waals surface area (Å²) in [4.78, 5) is 2.43. The van der Waals surface area contributed by atoms with Gasteiger partial charge in [0.15, 0.2) is 5.58 Å². The third-order valence-electron chi connectivity index (χ3n) is 16.7. The monoisotopic (exact) mass is 931 g/mol. The Morgan fingerprint density at radius 3 is 1.49 bits per heavy atom. The highest BCUT2D eigenvalue weighted by atomic mass is 16.3. The number of hydrogen-bond donors (Lipinski definition) is 0. The first-order chi connectivity index (χ1) is 36.0. The summed E-state index contributed by atoms with van der Waals surface area (Å²) in [5.41, 5.74) is 25.8. The summed E-state index contributed by atoms with van der Waals surface area (Å²) in [5, 5.41) is 4.43. The van der Waals surface area contributed by atoms with Crippen LogP contribution in [0, 0.1) is 0 Å². The second-order valence-corrected chi connectivity index (χ2v) is 20.6. The Morgan fingerprint density at radius 1 is 0.329 bits per heavy atom. The molecule has 1 spiro atoms. The molecule has 0 radical (unpaired) electrons. The van der Waals surface area contributed by atoms with Crippen molar-refractivity contribution in [1.82, 2.24) is 0 Å². The smallest absolute Gasteiger partial charge is 0.160 e. The number of furan rings is 2. The summed E-state index contributed by atoms with van der Waals surface area (Å²) in [6, 6.07) is 87.0. The highest BCUT2D eigenvalue weighted by Crippen LogP contribution is 2.67. The minimum absolute atomic E-state index is 0.0933. The van der Waals surface area contributed by atoms with E-state index in [1.807, 2.05) is 0 Å². The van der Waals surface area contributed by atoms with E-state index >= 15 is 0 Å². The van der Waals surface area contributed by atoms with Crippen LogP contribution in [-0.4, -0.2) is 0 Å². The second-order valence-electron chi connectivity index (χ2n) is 20.6. The summed E-state index contributed by atoms with van der Waals surface area (Å²) >= 11 is 0. The van der Waals surface area contributed by atoms with Gasteiger partial charge in [0.2, 0.25) is 0 Å². The summed E-state index contributed by atoms with van der Waals surface area (Å²) in [6.07, 6.45) is 0. The van der Waals surface area contributed by atoms with Gasteiger partial charge in [-0.3, -0.25) is 0 Å². The van der Waals surface area contributed by atoms with Crippen molar-refractivity contribution in [2.24, 2.45) is 0 Å². The predicted octanol–water partition coefficient (Wildman–Crippen LogP) is 18.9. The van der Waals surface area contributed by atoms with Crippen molar-refractivity contribution in [2.45, 2.75) is 24.7 Å². The van der Waals surface area contributed by atoms with Gasteiger partial charge in [0.1, 0.15) is 16.7 Å². The molecule has 0 N–H and O–H groups in total. The second kappa shape index (κ2) is 14.7. The number of benzene rings is 11. The van der Waals surface area contributed by atoms with Gasteiger partial charge in [0.25, 0.3) is 0 Å². The molecule has 0 unspecified atom stereocenters. The molecule has 13 aromatic rings. The molecule has 2 aromatic heterocycles. The maximum atomic E-state index is 7.33. The molecule has 11 aromatic carbocycles. The van der Waals surface area contributed by atoms with Crippen LogP contribution in [0.3, 0.4) is 0 Å². The van der Waals surface area contributed by atoms with Gasteiger partial charge in [-0.1, -0.05) is 196 Å². The fourth-order valence-corrected chi connectivity index (χ4v) is 13.5. The standard InChI is InChI=1S/C70H45NO2/c1-69(2)54-23-11-6-18-48(54)51-37-32-45(40-58(51)69)44-30-35-47(36-31-44)71(46-33-28-43(29-34-46)42-16-4-3-5-17-42)60-41-59-67(65-53-22-10-15-27-62(53)73-68(60)65)66-57(38-39-63-64(66)52-21-9-14-26-61(52)72-63)70(59)55-24-12-7-19-49(55)50-20-8-13-25-56(50)70/h3-41H,1-2H3. The number of nitrogens with zero attached hydrogens (tertiary/aromatic N) is 1. The lowest BCUT2D eigenvalue weighted by Crippen LogP contribution is -2.26. The molecule has 73 heavy (non-hydrogen) atoms. The van der Waals surface area contributed by atoms with Gasteiger partial charge in [-0.2, -0.15) is 0 Å². The van der Waals surface area contributed by atoms with Gasteiger partial charge in [-0.25, -0.2) is 0 Å². The number of rotatable bonds is 5. The molecular formula is C70H45NO2. The van der Waals surface area contributed by atoms with E-state index in [1.54, 1.807) is 0 Å². The lowest BCUT2D eigenvalue weighted by atomic mass is 9.70. The SMILES string of the molecule is CC1(C)c2ccccc2-c2ccc(-c3ccc(N(c4ccc(-c5ccccc5)cc4)c4cc5c(c6c4oc4ccccc46)-c4c(ccc6oc7ccccc7c46)C54c5ccccc5-c5ccccc54)cc3)cc21. The number of fused-ring (bicyclic) bond motifs is 21. The molecule has 0 fully saturated rings. The molecule has 3 aliphatic rings. The van der Waals surface area contributed by atoms with Crippen molar-refractivity contribution in [3.63, 3.8) is 0 Å². The van der Waals surface area contributed by atoms with E-state index in [0.29, 0.717) is 0 Å². The quantitative estimate of drug-likeness (QED) is 0.172. The van der Waals surface area contributed by atoms with E-state index in [2.05, 4.69) is 255 Å². The van der Waals surface area contributed by atoms with Crippen molar-refractivity contribution < 1.29 is 8.83 Å². The topological polar surface area (TPSA) is 29.5 Å². The zero-order valence-electron chi connectivity index (χ0n) is 40.3. The van der Waals surface area contributed by atoms with E-state index in [1.165, 1.54) is 83.5 Å². The molecule has 3 heteroatoms. The van der Waals surface area contributed by atoms with Crippen molar-refractivity contribution in [3.05, 3.63) is 270 Å². The van der Waals surface area contributed by atoms with Gasteiger partial charge < -0.3 is 13.7 Å². The van der Waals surface area contributed by atoms with E-state index in [4.69, 9.17) is 8.83 Å². The van der Waals surface area contributed by atoms with Crippen molar-refractivity contribution in [2.75, 3.05) is 4.90 Å². The molecular weight excluding hydrogens is 887 g/mol. The summed E-state index contributed by atoms with van der Waals surface area (Å²) in [7, 11) is 0. The molecule has 0 saturated carbocycles. The van der Waals surface area contributed by atoms with Crippen LogP contribution in [0.15, 0.2) is 245 Å². The van der Waals surface area contributed by atoms with Crippen molar-refractivity contribution >= 4 is 60.9 Å². The molecule has 2 heterocycles. The molecule has 0 bridgehead atoms. The zero-order chi connectivity index (χ0) is 48.2. The molecule has 3 nitrogen and oxygen atoms in total. The van der Waals surface area contributed by atoms with E-state index in [-0.39, 0.29) is 5.41 Å². The fourth-order valence-electron chi connectivity index (χ4n) is 13.5. The van der Waals surface area contributed by atoms with Crippen LogP contribution in [0.25, 0.3) is 99.5 Å². The third-order valence-corrected chi connectivity index (χ3v) is 16.7. The van der Waals surface area contributed by atoms with Crippen molar-refractivity contribution in [1.29, 1.82) is 0 Å². The Balaban J connectivity index is 0.988. The minimum Gasteiger partial charge on any atom is -0.456 e. The van der Waals surface area contributed by atoms with Crippen LogP contribution < -0.4 is 4.90 Å². The summed E-state index contributed by atoms with van der Waals surface area (Å²) in [6.45, 7) is 4.71. The average Bonchev–Trinajstić information content (AvgIpc) is 4.23. The highest BCUT2D eigenvalue weighted by molar-refractivity contribution is 6.25. The molecule has 16 rings (SSSR count). The van der Waals surface area contributed by atoms with Crippen molar-refractivity contribution in [3.8, 4) is 55.6 Å². The van der Waals surface area contributed by atoms with Crippen LogP contribution in [-0.2, 0) is 10.8 Å². The summed E-state index contributed by atoms with van der Waals surface area (Å²) < 4.78 is 14.1. The lowest BCUT2D eigenvalue weighted by Gasteiger charge is -2.32. The fraction of sp³-hybridized carbons (Fsp3) is 0.0571. The first-order valence-corrected chi connectivity index (χ1v) is 25.4. The Morgan fingerprint density at radius 2 is 0.822 bits per heavy atom. The molecule has 0 amide bonds. The maximum Gasteiger partial charge on any atom is 0.160 e. The van der Waals surface area contributed by atoms with Crippen LogP contribution in [0.1, 0.15) is 47.2 Å². The summed E-state index contributed by atoms with van der Waals surface area (Å²) in [5.74, 6) is 0. The Bertz CT molecular complexity index is 4410. The number of hydrogen-bond acceptors (Lipinski definition) is 3. The van der Waals surface area contributed by atoms with E-state index < -0.39 is 5.41 Å². The van der Waals surface area contributed by atoms with Gasteiger partial charge >= 0.3 is 0 Å². The maximum absolute atomic E-state index is 7.33. The molecule has 3 aliphatic carbocycles. The van der Waals surface area contributed by atoms with E-state index in [9.17, 15) is 0 Å². The predicted molar refractivity (Wildman–Crippen MR) is 300 cm³/mol. The zero-order valence-corrected chi connectivity index (χ0v) is 40.3. The third kappa shape index (κ3) is 5.38. The van der Waals surface area contributed by atoms with Gasteiger partial charge in [0.05, 0.1) is 11.1 Å². The average molecular weight is 932 g/mol. The van der Waals surface area contributed by atoms with Gasteiger partial charge in [-0.15, -0.1) is 0 Å². The normalized spacial score (nSPS) is 14.1. The highest BCUT2D eigenvalue weighted by Gasteiger charge is 2.54. The first-order valence-electron chi connectivity index (χ1n) is 25.4. The Hall–Kier alpha value is -9.18. The van der Waals surface area contributed by atoms with Gasteiger partial charge in [-0.05, 0) is 144 Å². The largest absolute Gasteiger partial charge is 0.456 e. The van der Waals surface area contributed by atoms with Crippen LogP contribution >= 0.6 is 0 Å². The molecule has 0 saturated heterocycles. The molecule has 0 aliphatic heterocycles. The Kier molecular flexibility index (Phi) is 8.16. The van der Waals surface area contributed by atoms with Crippen LogP contribution in [0.2, 0.25) is 0 Å². The van der Waals surface area contributed by atoms with E-state index in [0.717, 1.165) is 66.5 Å². The molecule has 342 valence electrons. The van der Waals surface area contributed by atoms with Gasteiger partial charge in [0, 0.05) is 38.3 Å². The lowest BCUT2D eigenvalue weighted by molar-refractivity contribution is 0.660.